The molecule has 0 aromatic heterocycles. The van der Waals surface area contributed by atoms with Gasteiger partial charge in [0, 0.05) is 22.2 Å². The van der Waals surface area contributed by atoms with Gasteiger partial charge in [-0.05, 0) is 30.3 Å². The van der Waals surface area contributed by atoms with Crippen molar-refractivity contribution < 1.29 is 9.53 Å². The highest BCUT2D eigenvalue weighted by Crippen LogP contribution is 2.38. The van der Waals surface area contributed by atoms with Crippen LogP contribution >= 0.6 is 23.2 Å². The van der Waals surface area contributed by atoms with Gasteiger partial charge in [-0.3, -0.25) is 20.0 Å². The fourth-order valence-electron chi connectivity index (χ4n) is 4.15. The van der Waals surface area contributed by atoms with Crippen molar-refractivity contribution >= 4 is 40.4 Å². The molecule has 0 amide bonds. The van der Waals surface area contributed by atoms with Gasteiger partial charge in [0.15, 0.2) is 6.04 Å². The zero-order valence-corrected chi connectivity index (χ0v) is 19.4. The summed E-state index contributed by atoms with van der Waals surface area (Å²) < 4.78 is 5.68. The summed E-state index contributed by atoms with van der Waals surface area (Å²) in [7, 11) is 3.58. The predicted molar refractivity (Wildman–Crippen MR) is 131 cm³/mol. The van der Waals surface area contributed by atoms with Gasteiger partial charge in [0.25, 0.3) is 0 Å². The maximum absolute atomic E-state index is 13.6. The number of hydrogen-bond donors (Lipinski definition) is 1. The minimum atomic E-state index is -0.517. The lowest BCUT2D eigenvalue weighted by atomic mass is 9.97. The lowest BCUT2D eigenvalue weighted by Gasteiger charge is -2.38. The molecule has 0 bridgehead atoms. The largest absolute Gasteiger partial charge is 0.497 e. The molecule has 4 rings (SSSR count). The molecule has 5 nitrogen and oxygen atoms in total. The van der Waals surface area contributed by atoms with Crippen molar-refractivity contribution in [3.8, 4) is 5.75 Å². The van der Waals surface area contributed by atoms with Crippen molar-refractivity contribution in [2.45, 2.75) is 6.04 Å². The first-order valence-electron chi connectivity index (χ1n) is 10.2. The smallest absolute Gasteiger partial charge is 0.222 e. The fourth-order valence-corrected chi connectivity index (χ4v) is 4.64. The number of ether oxygens (including phenoxy) is 1. The monoisotopic (exact) mass is 468 g/mol. The van der Waals surface area contributed by atoms with Gasteiger partial charge in [0.05, 0.1) is 37.0 Å². The summed E-state index contributed by atoms with van der Waals surface area (Å²) in [5.74, 6) is 0.662. The van der Waals surface area contributed by atoms with E-state index in [2.05, 4.69) is 0 Å². The summed E-state index contributed by atoms with van der Waals surface area (Å²) in [6, 6.07) is 19.8. The van der Waals surface area contributed by atoms with Crippen molar-refractivity contribution in [1.29, 1.82) is 0 Å². The standard InChI is InChI=1S/C25H24Cl2N3O2/c1-30(15-28)22-13-18(32-2)9-11-20(22)24(19-10-8-17(26)12-21(19)27)29-14-23(30)25(31)16-6-4-3-5-7-16/h3-13,23H,14-15,28H2,1-2H3/q+1. The van der Waals surface area contributed by atoms with Gasteiger partial charge in [-0.1, -0.05) is 53.5 Å². The number of fused-ring (bicyclic) bond motifs is 1. The van der Waals surface area contributed by atoms with Crippen molar-refractivity contribution in [3.63, 3.8) is 0 Å². The maximum Gasteiger partial charge on any atom is 0.222 e. The van der Waals surface area contributed by atoms with Gasteiger partial charge in [-0.25, -0.2) is 0 Å². The van der Waals surface area contributed by atoms with Crippen LogP contribution in [0.4, 0.5) is 5.69 Å². The van der Waals surface area contributed by atoms with E-state index < -0.39 is 6.04 Å². The zero-order chi connectivity index (χ0) is 22.9. The summed E-state index contributed by atoms with van der Waals surface area (Å²) in [6.45, 7) is 0.466. The highest BCUT2D eigenvalue weighted by molar-refractivity contribution is 6.38. The number of halogens is 2. The molecule has 3 aromatic rings. The summed E-state index contributed by atoms with van der Waals surface area (Å²) in [5, 5.41) is 1.04. The molecule has 3 aromatic carbocycles. The van der Waals surface area contributed by atoms with Gasteiger partial charge in [-0.15, -0.1) is 0 Å². The summed E-state index contributed by atoms with van der Waals surface area (Å²) in [5.41, 5.74) is 10.1. The van der Waals surface area contributed by atoms with Gasteiger partial charge >= 0.3 is 0 Å². The fraction of sp³-hybridized carbons (Fsp3) is 0.200. The number of benzene rings is 3. The quantitative estimate of drug-likeness (QED) is 0.425. The van der Waals surface area contributed by atoms with Gasteiger partial charge < -0.3 is 4.74 Å². The van der Waals surface area contributed by atoms with Crippen LogP contribution in [0.1, 0.15) is 21.5 Å². The second kappa shape index (κ2) is 9.04. The Hall–Kier alpha value is -2.70. The second-order valence-corrected chi connectivity index (χ2v) is 8.74. The number of ketones is 1. The number of nitrogens with two attached hydrogens (primary N) is 1. The number of rotatable bonds is 5. The number of likely N-dealkylation sites (N-methyl/N-ethyl adjacent to an activating group) is 1. The molecule has 0 fully saturated rings. The molecule has 0 saturated carbocycles. The Labute approximate surface area is 197 Å². The number of quaternary nitrogens is 1. The van der Waals surface area contributed by atoms with Crippen LogP contribution in [0.25, 0.3) is 0 Å². The number of nitrogens with zero attached hydrogens (tertiary/aromatic N) is 2. The molecular weight excluding hydrogens is 445 g/mol. The molecule has 164 valence electrons. The van der Waals surface area contributed by atoms with E-state index >= 15 is 0 Å². The second-order valence-electron chi connectivity index (χ2n) is 7.89. The first-order valence-corrected chi connectivity index (χ1v) is 11.0. The Kier molecular flexibility index (Phi) is 6.35. The van der Waals surface area contributed by atoms with E-state index in [1.165, 1.54) is 0 Å². The van der Waals surface area contributed by atoms with Gasteiger partial charge in [0.1, 0.15) is 18.1 Å². The zero-order valence-electron chi connectivity index (χ0n) is 17.9. The minimum Gasteiger partial charge on any atom is -0.497 e. The van der Waals surface area contributed by atoms with E-state index in [0.717, 1.165) is 16.8 Å². The number of carbonyl (C=O) groups is 1. The van der Waals surface area contributed by atoms with E-state index in [4.69, 9.17) is 38.7 Å². The van der Waals surface area contributed by atoms with E-state index in [-0.39, 0.29) is 23.5 Å². The van der Waals surface area contributed by atoms with Crippen LogP contribution in [-0.4, -0.2) is 44.9 Å². The average Bonchev–Trinajstić information content (AvgIpc) is 2.94. The van der Waals surface area contributed by atoms with Gasteiger partial charge in [0.2, 0.25) is 5.78 Å². The average molecular weight is 469 g/mol. The van der Waals surface area contributed by atoms with Crippen LogP contribution < -0.4 is 15.0 Å². The predicted octanol–water partition coefficient (Wildman–Crippen LogP) is 4.96. The van der Waals surface area contributed by atoms with Crippen LogP contribution in [0.3, 0.4) is 0 Å². The van der Waals surface area contributed by atoms with Crippen LogP contribution in [0.2, 0.25) is 10.0 Å². The third-order valence-corrected chi connectivity index (χ3v) is 6.59. The van der Waals surface area contributed by atoms with Crippen LogP contribution in [0.15, 0.2) is 71.7 Å². The molecule has 0 spiro atoms. The normalized spacial score (nSPS) is 20.2. The Bertz CT molecular complexity index is 1200. The first kappa shape index (κ1) is 22.5. The molecule has 0 aliphatic carbocycles. The summed E-state index contributed by atoms with van der Waals surface area (Å²) >= 11 is 12.7. The molecule has 2 atom stereocenters. The molecule has 0 radical (unpaired) electrons. The van der Waals surface area contributed by atoms with E-state index in [1.807, 2.05) is 61.6 Å². The molecule has 2 N–H and O–H groups in total. The van der Waals surface area contributed by atoms with Crippen molar-refractivity contribution in [2.24, 2.45) is 10.7 Å². The number of hydrogen-bond acceptors (Lipinski definition) is 4. The lowest BCUT2D eigenvalue weighted by Crippen LogP contribution is -2.61. The number of Topliss-reactive ketones (excluding diaryl/α,β-unsaturated/α-hetero) is 1. The topological polar surface area (TPSA) is 64.7 Å². The third-order valence-electron chi connectivity index (χ3n) is 6.05. The molecule has 2 unspecified atom stereocenters. The highest BCUT2D eigenvalue weighted by Gasteiger charge is 2.44. The number of aliphatic imine (C=N–C) groups is 1. The maximum atomic E-state index is 13.6. The number of benzodiazepines with no additional fused rings is 1. The molecule has 1 aliphatic rings. The Balaban J connectivity index is 1.95. The molecule has 1 heterocycles. The Morgan fingerprint density at radius 3 is 2.47 bits per heavy atom. The van der Waals surface area contributed by atoms with Crippen LogP contribution in [0.5, 0.6) is 5.75 Å². The summed E-state index contributed by atoms with van der Waals surface area (Å²) in [6.07, 6.45) is 0. The molecule has 0 saturated heterocycles. The molecule has 32 heavy (non-hydrogen) atoms. The number of carbonyl (C=O) groups excluding carboxylic acids is 1. The SMILES string of the molecule is COc1ccc2c(c1)[N+](C)(CN)C(C(=O)c1ccccc1)CN=C2c1ccc(Cl)cc1Cl. The molecule has 7 heteroatoms. The molecular formula is C25H24Cl2N3O2+. The van der Waals surface area contributed by atoms with Crippen LogP contribution in [-0.2, 0) is 0 Å². The molecule has 1 aliphatic heterocycles. The Morgan fingerprint density at radius 1 is 1.09 bits per heavy atom. The Morgan fingerprint density at radius 2 is 1.81 bits per heavy atom. The van der Waals surface area contributed by atoms with Gasteiger partial charge in [-0.2, -0.15) is 0 Å². The van der Waals surface area contributed by atoms with Crippen LogP contribution in [0, 0.1) is 0 Å². The lowest BCUT2D eigenvalue weighted by molar-refractivity contribution is 0.0867. The van der Waals surface area contributed by atoms with Crippen molar-refractivity contribution in [2.75, 3.05) is 27.4 Å². The first-order chi connectivity index (χ1) is 15.4. The highest BCUT2D eigenvalue weighted by atomic mass is 35.5. The van der Waals surface area contributed by atoms with E-state index in [1.54, 1.807) is 19.2 Å². The third kappa shape index (κ3) is 3.93. The minimum absolute atomic E-state index is 0.0143. The number of methoxy groups -OCH3 is 1. The van der Waals surface area contributed by atoms with E-state index in [9.17, 15) is 4.79 Å². The van der Waals surface area contributed by atoms with Crippen molar-refractivity contribution in [3.05, 3.63) is 93.5 Å². The van der Waals surface area contributed by atoms with E-state index in [0.29, 0.717) is 27.1 Å². The van der Waals surface area contributed by atoms with Crippen molar-refractivity contribution in [1.82, 2.24) is 4.48 Å². The summed E-state index contributed by atoms with van der Waals surface area (Å²) in [4.78, 5) is 18.5.